The lowest BCUT2D eigenvalue weighted by atomic mass is 10.2. The summed E-state index contributed by atoms with van der Waals surface area (Å²) in [5.74, 6) is -0.521. The molecule has 0 atom stereocenters. The van der Waals surface area contributed by atoms with Gasteiger partial charge in [-0.3, -0.25) is 19.3 Å². The molecule has 0 spiro atoms. The maximum Gasteiger partial charge on any atom is 0.294 e. The zero-order valence-electron chi connectivity index (χ0n) is 18.7. The van der Waals surface area contributed by atoms with Crippen molar-refractivity contribution in [3.8, 4) is 0 Å². The van der Waals surface area contributed by atoms with Crippen molar-refractivity contribution in [1.82, 2.24) is 14.4 Å². The van der Waals surface area contributed by atoms with Crippen LogP contribution in [0, 0.1) is 13.8 Å². The van der Waals surface area contributed by atoms with E-state index in [1.807, 2.05) is 38.1 Å². The molecule has 168 valence electrons. The number of hydrogen-bond donors (Lipinski definition) is 0. The second-order valence-electron chi connectivity index (χ2n) is 8.46. The first-order valence-electron chi connectivity index (χ1n) is 11.2. The van der Waals surface area contributed by atoms with E-state index in [4.69, 9.17) is 0 Å². The number of thioether (sulfide) groups is 1. The lowest BCUT2D eigenvalue weighted by molar-refractivity contribution is -0.135. The number of carbonyl (C=O) groups excluding carboxylic acids is 3. The van der Waals surface area contributed by atoms with Crippen LogP contribution in [0.4, 0.5) is 4.79 Å². The molecule has 2 aliphatic heterocycles. The van der Waals surface area contributed by atoms with Crippen LogP contribution in [0.5, 0.6) is 0 Å². The van der Waals surface area contributed by atoms with Crippen molar-refractivity contribution in [3.63, 3.8) is 0 Å². The summed E-state index contributed by atoms with van der Waals surface area (Å²) in [6, 6.07) is 12.3. The lowest BCUT2D eigenvalue weighted by Gasteiger charge is -2.22. The van der Waals surface area contributed by atoms with Gasteiger partial charge in [0.15, 0.2) is 0 Å². The number of likely N-dealkylation sites (tertiary alicyclic amines) is 1. The smallest absolute Gasteiger partial charge is 0.294 e. The lowest BCUT2D eigenvalue weighted by Crippen LogP contribution is -2.42. The van der Waals surface area contributed by atoms with Gasteiger partial charge in [-0.15, -0.1) is 0 Å². The maximum atomic E-state index is 12.9. The normalized spacial score (nSPS) is 18.5. The van der Waals surface area contributed by atoms with E-state index >= 15 is 0 Å². The summed E-state index contributed by atoms with van der Waals surface area (Å²) in [4.78, 5) is 41.4. The molecule has 2 saturated heterocycles. The van der Waals surface area contributed by atoms with Gasteiger partial charge in [-0.2, -0.15) is 0 Å². The van der Waals surface area contributed by atoms with E-state index in [-0.39, 0.29) is 23.6 Å². The number of amides is 3. The van der Waals surface area contributed by atoms with Gasteiger partial charge in [-0.25, -0.2) is 0 Å². The van der Waals surface area contributed by atoms with Gasteiger partial charge >= 0.3 is 0 Å². The SMILES string of the molecule is Cc1cc(C=C2SC(=O)N(CC(=O)N3CCCCCC3)C2=O)c(C)n1Cc1ccccc1. The van der Waals surface area contributed by atoms with Gasteiger partial charge in [0, 0.05) is 31.0 Å². The van der Waals surface area contributed by atoms with E-state index in [9.17, 15) is 14.4 Å². The predicted octanol–water partition coefficient (Wildman–Crippen LogP) is 4.59. The minimum Gasteiger partial charge on any atom is -0.344 e. The quantitative estimate of drug-likeness (QED) is 0.624. The zero-order valence-corrected chi connectivity index (χ0v) is 19.5. The van der Waals surface area contributed by atoms with Gasteiger partial charge in [0.2, 0.25) is 5.91 Å². The van der Waals surface area contributed by atoms with Crippen molar-refractivity contribution in [2.75, 3.05) is 19.6 Å². The van der Waals surface area contributed by atoms with Gasteiger partial charge < -0.3 is 9.47 Å². The number of carbonyl (C=O) groups is 3. The zero-order chi connectivity index (χ0) is 22.7. The van der Waals surface area contributed by atoms with Gasteiger partial charge in [-0.1, -0.05) is 43.2 Å². The molecule has 2 aliphatic rings. The number of nitrogens with zero attached hydrogens (tertiary/aromatic N) is 3. The Labute approximate surface area is 193 Å². The Morgan fingerprint density at radius 2 is 1.72 bits per heavy atom. The molecule has 6 nitrogen and oxygen atoms in total. The summed E-state index contributed by atoms with van der Waals surface area (Å²) in [5, 5.41) is -0.373. The van der Waals surface area contributed by atoms with E-state index in [0.29, 0.717) is 18.0 Å². The van der Waals surface area contributed by atoms with Gasteiger partial charge in [0.05, 0.1) is 4.91 Å². The number of rotatable bonds is 5. The highest BCUT2D eigenvalue weighted by molar-refractivity contribution is 8.18. The molecule has 3 amide bonds. The molecule has 7 heteroatoms. The second kappa shape index (κ2) is 9.77. The fourth-order valence-corrected chi connectivity index (χ4v) is 5.15. The monoisotopic (exact) mass is 451 g/mol. The summed E-state index contributed by atoms with van der Waals surface area (Å²) in [6.45, 7) is 6.05. The average molecular weight is 452 g/mol. The fourth-order valence-electron chi connectivity index (χ4n) is 4.32. The molecule has 0 unspecified atom stereocenters. The summed E-state index contributed by atoms with van der Waals surface area (Å²) in [5.41, 5.74) is 4.25. The number of aromatic nitrogens is 1. The minimum atomic E-state index is -0.379. The summed E-state index contributed by atoms with van der Waals surface area (Å²) in [7, 11) is 0. The first-order chi connectivity index (χ1) is 15.4. The van der Waals surface area contributed by atoms with Gasteiger partial charge in [-0.05, 0) is 61.7 Å². The number of imide groups is 1. The molecule has 0 aliphatic carbocycles. The van der Waals surface area contributed by atoms with Crippen LogP contribution in [0.2, 0.25) is 0 Å². The number of hydrogen-bond acceptors (Lipinski definition) is 4. The van der Waals surface area contributed by atoms with Gasteiger partial charge in [0.25, 0.3) is 11.1 Å². The molecule has 0 N–H and O–H groups in total. The van der Waals surface area contributed by atoms with E-state index in [2.05, 4.69) is 16.7 Å². The Bertz CT molecular complexity index is 1050. The van der Waals surface area contributed by atoms with E-state index in [1.165, 1.54) is 5.56 Å². The van der Waals surface area contributed by atoms with Crippen LogP contribution in [0.1, 0.15) is 48.2 Å². The van der Waals surface area contributed by atoms with E-state index in [0.717, 1.165) is 65.8 Å². The predicted molar refractivity (Wildman–Crippen MR) is 127 cm³/mol. The highest BCUT2D eigenvalue weighted by atomic mass is 32.2. The summed E-state index contributed by atoms with van der Waals surface area (Å²) >= 11 is 0.916. The molecule has 2 aromatic rings. The number of benzene rings is 1. The molecule has 3 heterocycles. The van der Waals surface area contributed by atoms with Crippen molar-refractivity contribution in [2.24, 2.45) is 0 Å². The Hall–Kier alpha value is -2.80. The standard InChI is InChI=1S/C25H29N3O3S/c1-18-14-21(19(2)27(18)16-20-10-6-5-7-11-20)15-22-24(30)28(25(31)32-22)17-23(29)26-12-8-3-4-9-13-26/h5-7,10-11,14-15H,3-4,8-9,12-13,16-17H2,1-2H3. The van der Waals surface area contributed by atoms with E-state index < -0.39 is 0 Å². The Morgan fingerprint density at radius 1 is 1.03 bits per heavy atom. The van der Waals surface area contributed by atoms with Crippen molar-refractivity contribution in [3.05, 3.63) is 63.8 Å². The van der Waals surface area contributed by atoms with Crippen LogP contribution in [-0.2, 0) is 16.1 Å². The second-order valence-corrected chi connectivity index (χ2v) is 9.45. The van der Waals surface area contributed by atoms with Crippen molar-refractivity contribution < 1.29 is 14.4 Å². The molecule has 1 aromatic heterocycles. The van der Waals surface area contributed by atoms with Crippen molar-refractivity contribution in [1.29, 1.82) is 0 Å². The molecule has 1 aromatic carbocycles. The third-order valence-electron chi connectivity index (χ3n) is 6.21. The Kier molecular flexibility index (Phi) is 6.84. The minimum absolute atomic E-state index is 0.142. The van der Waals surface area contributed by atoms with Crippen LogP contribution in [-0.4, -0.2) is 51.1 Å². The largest absolute Gasteiger partial charge is 0.344 e. The first kappa shape index (κ1) is 22.4. The molecule has 0 radical (unpaired) electrons. The maximum absolute atomic E-state index is 12.9. The van der Waals surface area contributed by atoms with Crippen LogP contribution in [0.25, 0.3) is 6.08 Å². The van der Waals surface area contributed by atoms with Crippen LogP contribution in [0.15, 0.2) is 41.3 Å². The van der Waals surface area contributed by atoms with Crippen LogP contribution in [0.3, 0.4) is 0 Å². The topological polar surface area (TPSA) is 62.6 Å². The molecule has 0 saturated carbocycles. The molecule has 0 bridgehead atoms. The Morgan fingerprint density at radius 3 is 2.41 bits per heavy atom. The molecular weight excluding hydrogens is 422 g/mol. The number of aryl methyl sites for hydroxylation is 1. The molecular formula is C25H29N3O3S. The van der Waals surface area contributed by atoms with Crippen molar-refractivity contribution >= 4 is 34.9 Å². The van der Waals surface area contributed by atoms with Crippen molar-refractivity contribution in [2.45, 2.75) is 46.1 Å². The Balaban J connectivity index is 1.49. The van der Waals surface area contributed by atoms with Gasteiger partial charge in [0.1, 0.15) is 6.54 Å². The van der Waals surface area contributed by atoms with E-state index in [1.54, 1.807) is 11.0 Å². The third-order valence-corrected chi connectivity index (χ3v) is 7.12. The fraction of sp³-hybridized carbons (Fsp3) is 0.400. The summed E-state index contributed by atoms with van der Waals surface area (Å²) < 4.78 is 2.20. The average Bonchev–Trinajstić information content (AvgIpc) is 3.07. The van der Waals surface area contributed by atoms with Crippen LogP contribution < -0.4 is 0 Å². The molecule has 4 rings (SSSR count). The van der Waals surface area contributed by atoms with Crippen LogP contribution >= 0.6 is 11.8 Å². The first-order valence-corrected chi connectivity index (χ1v) is 12.0. The molecule has 2 fully saturated rings. The summed E-state index contributed by atoms with van der Waals surface area (Å²) in [6.07, 6.45) is 5.98. The third kappa shape index (κ3) is 4.83. The highest BCUT2D eigenvalue weighted by Gasteiger charge is 2.37. The highest BCUT2D eigenvalue weighted by Crippen LogP contribution is 2.33. The molecule has 32 heavy (non-hydrogen) atoms.